The first kappa shape index (κ1) is 11.8. The van der Waals surface area contributed by atoms with Crippen LogP contribution in [0.5, 0.6) is 0 Å². The Kier molecular flexibility index (Phi) is 2.15. The Hall–Kier alpha value is -0.860. The summed E-state index contributed by atoms with van der Waals surface area (Å²) in [5.74, 6) is 1.52. The number of hydrogen-bond acceptors (Lipinski definition) is 2. The van der Waals surface area contributed by atoms with Crippen LogP contribution in [0.15, 0.2) is 30.3 Å². The zero-order valence-electron chi connectivity index (χ0n) is 11.8. The lowest BCUT2D eigenvalue weighted by atomic mass is 9.66. The van der Waals surface area contributed by atoms with E-state index in [0.717, 1.165) is 13.0 Å². The normalized spacial score (nSPS) is 52.2. The standard InChI is InChI=1S/C18H22O2/c19-18-10-14-6-7-15(12-4-2-1-3-5-12)17(14)9-8-13(11-20-18)16(17)18/h1-5,13-16,19H,6-11H2/t13-,14-,15+,16+,17+,18-/m1/s1. The number of benzene rings is 1. The molecule has 0 radical (unpaired) electrons. The summed E-state index contributed by atoms with van der Waals surface area (Å²) in [6.07, 6.45) is 6.02. The molecule has 0 amide bonds. The van der Waals surface area contributed by atoms with Gasteiger partial charge in [0.1, 0.15) is 0 Å². The van der Waals surface area contributed by atoms with Gasteiger partial charge in [0, 0.05) is 12.3 Å². The van der Waals surface area contributed by atoms with E-state index in [1.165, 1.54) is 31.2 Å². The van der Waals surface area contributed by atoms with Crippen LogP contribution >= 0.6 is 0 Å². The van der Waals surface area contributed by atoms with Crippen LogP contribution in [0.4, 0.5) is 0 Å². The molecule has 2 nitrogen and oxygen atoms in total. The number of aliphatic hydroxyl groups is 1. The molecule has 20 heavy (non-hydrogen) atoms. The van der Waals surface area contributed by atoms with E-state index in [1.54, 1.807) is 0 Å². The maximum atomic E-state index is 11.0. The molecule has 0 bridgehead atoms. The summed E-state index contributed by atoms with van der Waals surface area (Å²) in [7, 11) is 0. The summed E-state index contributed by atoms with van der Waals surface area (Å²) in [5.41, 5.74) is 1.82. The summed E-state index contributed by atoms with van der Waals surface area (Å²) in [5, 5.41) is 11.0. The van der Waals surface area contributed by atoms with Crippen molar-refractivity contribution in [2.75, 3.05) is 6.61 Å². The van der Waals surface area contributed by atoms with Crippen molar-refractivity contribution in [1.82, 2.24) is 0 Å². The highest BCUT2D eigenvalue weighted by atomic mass is 16.6. The molecule has 3 saturated carbocycles. The molecule has 0 unspecified atom stereocenters. The van der Waals surface area contributed by atoms with Gasteiger partial charge >= 0.3 is 0 Å². The lowest BCUT2D eigenvalue weighted by molar-refractivity contribution is -0.191. The van der Waals surface area contributed by atoms with Crippen LogP contribution in [-0.2, 0) is 4.74 Å². The van der Waals surface area contributed by atoms with Gasteiger partial charge in [0.25, 0.3) is 0 Å². The molecule has 2 heteroatoms. The van der Waals surface area contributed by atoms with E-state index in [0.29, 0.717) is 29.1 Å². The molecule has 4 fully saturated rings. The van der Waals surface area contributed by atoms with E-state index in [4.69, 9.17) is 4.74 Å². The van der Waals surface area contributed by atoms with Gasteiger partial charge in [-0.2, -0.15) is 0 Å². The first-order valence-electron chi connectivity index (χ1n) is 8.15. The Labute approximate surface area is 120 Å². The van der Waals surface area contributed by atoms with Crippen LogP contribution in [0.25, 0.3) is 0 Å². The maximum Gasteiger partial charge on any atom is 0.169 e. The van der Waals surface area contributed by atoms with E-state index in [-0.39, 0.29) is 0 Å². The fourth-order valence-corrected chi connectivity index (χ4v) is 6.54. The summed E-state index contributed by atoms with van der Waals surface area (Å²) < 4.78 is 5.87. The number of hydrogen-bond donors (Lipinski definition) is 1. The van der Waals surface area contributed by atoms with E-state index in [2.05, 4.69) is 30.3 Å². The number of ether oxygens (including phenoxy) is 1. The summed E-state index contributed by atoms with van der Waals surface area (Å²) in [6, 6.07) is 11.0. The summed E-state index contributed by atoms with van der Waals surface area (Å²) in [4.78, 5) is 0. The maximum absolute atomic E-state index is 11.0. The quantitative estimate of drug-likeness (QED) is 0.848. The Balaban J connectivity index is 1.64. The highest BCUT2D eigenvalue weighted by Gasteiger charge is 2.73. The van der Waals surface area contributed by atoms with Gasteiger partial charge in [-0.25, -0.2) is 0 Å². The molecule has 106 valence electrons. The number of rotatable bonds is 1. The van der Waals surface area contributed by atoms with E-state index >= 15 is 0 Å². The molecule has 1 saturated heterocycles. The van der Waals surface area contributed by atoms with Gasteiger partial charge in [-0.15, -0.1) is 0 Å². The van der Waals surface area contributed by atoms with Gasteiger partial charge in [-0.05, 0) is 54.4 Å². The van der Waals surface area contributed by atoms with Crippen LogP contribution in [0.2, 0.25) is 0 Å². The molecule has 1 aliphatic heterocycles. The predicted molar refractivity (Wildman–Crippen MR) is 76.1 cm³/mol. The SMILES string of the molecule is O[C@]12C[C@H]3CC[C@@H](c4ccccc4)[C@]34CC[C@H](CO1)[C@@H]42. The van der Waals surface area contributed by atoms with Crippen molar-refractivity contribution in [2.24, 2.45) is 23.2 Å². The second-order valence-corrected chi connectivity index (χ2v) is 7.49. The molecule has 6 atom stereocenters. The molecule has 5 rings (SSSR count). The molecule has 4 aliphatic rings. The third kappa shape index (κ3) is 1.19. The van der Waals surface area contributed by atoms with Crippen molar-refractivity contribution in [3.8, 4) is 0 Å². The van der Waals surface area contributed by atoms with Crippen LogP contribution < -0.4 is 0 Å². The third-order valence-corrected chi connectivity index (χ3v) is 6.99. The molecule has 1 aromatic rings. The predicted octanol–water partition coefficient (Wildman–Crippen LogP) is 3.32. The van der Waals surface area contributed by atoms with E-state index < -0.39 is 5.79 Å². The molecular weight excluding hydrogens is 248 g/mol. The van der Waals surface area contributed by atoms with Crippen molar-refractivity contribution in [2.45, 2.75) is 43.8 Å². The second-order valence-electron chi connectivity index (χ2n) is 7.49. The summed E-state index contributed by atoms with van der Waals surface area (Å²) >= 11 is 0. The Morgan fingerprint density at radius 2 is 1.95 bits per heavy atom. The van der Waals surface area contributed by atoms with Crippen molar-refractivity contribution in [3.05, 3.63) is 35.9 Å². The zero-order chi connectivity index (χ0) is 13.4. The van der Waals surface area contributed by atoms with Gasteiger partial charge in [0.15, 0.2) is 5.79 Å². The molecule has 3 aliphatic carbocycles. The van der Waals surface area contributed by atoms with Crippen molar-refractivity contribution < 1.29 is 9.84 Å². The minimum atomic E-state index is -0.792. The van der Waals surface area contributed by atoms with Crippen LogP contribution in [-0.4, -0.2) is 17.5 Å². The highest BCUT2D eigenvalue weighted by Crippen LogP contribution is 2.75. The zero-order valence-corrected chi connectivity index (χ0v) is 11.8. The average molecular weight is 270 g/mol. The molecule has 1 heterocycles. The van der Waals surface area contributed by atoms with Gasteiger partial charge in [0.05, 0.1) is 6.61 Å². The molecule has 1 aromatic carbocycles. The van der Waals surface area contributed by atoms with Crippen LogP contribution in [0.3, 0.4) is 0 Å². The first-order valence-corrected chi connectivity index (χ1v) is 8.15. The van der Waals surface area contributed by atoms with Crippen molar-refractivity contribution in [3.63, 3.8) is 0 Å². The topological polar surface area (TPSA) is 29.5 Å². The third-order valence-electron chi connectivity index (χ3n) is 6.99. The smallest absolute Gasteiger partial charge is 0.169 e. The fraction of sp³-hybridized carbons (Fsp3) is 0.667. The van der Waals surface area contributed by atoms with Crippen molar-refractivity contribution >= 4 is 0 Å². The lowest BCUT2D eigenvalue weighted by Gasteiger charge is -2.38. The van der Waals surface area contributed by atoms with Gasteiger partial charge < -0.3 is 9.84 Å². The Bertz CT molecular complexity index is 542. The minimum absolute atomic E-state index is 0.331. The largest absolute Gasteiger partial charge is 0.365 e. The minimum Gasteiger partial charge on any atom is -0.365 e. The van der Waals surface area contributed by atoms with Gasteiger partial charge in [-0.1, -0.05) is 30.3 Å². The fourth-order valence-electron chi connectivity index (χ4n) is 6.54. The van der Waals surface area contributed by atoms with Gasteiger partial charge in [-0.3, -0.25) is 0 Å². The van der Waals surface area contributed by atoms with Crippen LogP contribution in [0, 0.1) is 23.2 Å². The van der Waals surface area contributed by atoms with Crippen LogP contribution in [0.1, 0.15) is 43.6 Å². The molecule has 1 N–H and O–H groups in total. The Morgan fingerprint density at radius 3 is 2.80 bits per heavy atom. The summed E-state index contributed by atoms with van der Waals surface area (Å²) in [6.45, 7) is 0.789. The molecular formula is C18H22O2. The van der Waals surface area contributed by atoms with E-state index in [1.807, 2.05) is 0 Å². The highest BCUT2D eigenvalue weighted by molar-refractivity contribution is 5.30. The van der Waals surface area contributed by atoms with E-state index in [9.17, 15) is 5.11 Å². The average Bonchev–Trinajstić information content (AvgIpc) is 3.14. The molecule has 0 aromatic heterocycles. The van der Waals surface area contributed by atoms with Crippen molar-refractivity contribution in [1.29, 1.82) is 0 Å². The Morgan fingerprint density at radius 1 is 1.10 bits per heavy atom. The first-order chi connectivity index (χ1) is 9.74. The monoisotopic (exact) mass is 270 g/mol. The molecule has 1 spiro atoms. The second kappa shape index (κ2) is 3.66. The van der Waals surface area contributed by atoms with Gasteiger partial charge in [0.2, 0.25) is 0 Å². The lowest BCUT2D eigenvalue weighted by Crippen LogP contribution is -2.38.